The maximum Gasteiger partial charge on any atom is 0.337 e. The number of amides is 4. The molecule has 2 aromatic rings. The van der Waals surface area contributed by atoms with E-state index in [9.17, 15) is 24.0 Å². The SMILES string of the molecule is CN(CCCc1ccc(C(=O)O)cn1)c1cccc2c1C(=O)N(C1CCC(=O)NC1=O)C2=O. The zero-order valence-electron chi connectivity index (χ0n) is 17.9. The lowest BCUT2D eigenvalue weighted by Crippen LogP contribution is -2.54. The minimum Gasteiger partial charge on any atom is -0.478 e. The van der Waals surface area contributed by atoms with Crippen molar-refractivity contribution >= 4 is 35.3 Å². The quantitative estimate of drug-likeness (QED) is 0.602. The van der Waals surface area contributed by atoms with Gasteiger partial charge in [0.2, 0.25) is 11.8 Å². The molecule has 1 saturated heterocycles. The number of carboxylic acids is 1. The van der Waals surface area contributed by atoms with Crippen molar-refractivity contribution in [1.82, 2.24) is 15.2 Å². The summed E-state index contributed by atoms with van der Waals surface area (Å²) in [6.45, 7) is 0.554. The summed E-state index contributed by atoms with van der Waals surface area (Å²) >= 11 is 0. The maximum absolute atomic E-state index is 13.2. The third-order valence-corrected chi connectivity index (χ3v) is 5.86. The molecule has 170 valence electrons. The van der Waals surface area contributed by atoms with Gasteiger partial charge in [-0.2, -0.15) is 0 Å². The highest BCUT2D eigenvalue weighted by atomic mass is 16.4. The Balaban J connectivity index is 1.47. The van der Waals surface area contributed by atoms with Gasteiger partial charge in [-0.05, 0) is 43.5 Å². The smallest absolute Gasteiger partial charge is 0.337 e. The molecule has 10 heteroatoms. The average Bonchev–Trinajstić information content (AvgIpc) is 3.04. The zero-order chi connectivity index (χ0) is 23.7. The Kier molecular flexibility index (Phi) is 5.91. The summed E-state index contributed by atoms with van der Waals surface area (Å²) < 4.78 is 0. The molecular weight excluding hydrogens is 428 g/mol. The normalized spacial score (nSPS) is 17.7. The molecule has 0 bridgehead atoms. The Labute approximate surface area is 189 Å². The third kappa shape index (κ3) is 4.19. The van der Waals surface area contributed by atoms with E-state index in [0.717, 1.165) is 10.6 Å². The van der Waals surface area contributed by atoms with Gasteiger partial charge in [-0.3, -0.25) is 34.4 Å². The fourth-order valence-corrected chi connectivity index (χ4v) is 4.13. The number of aromatic nitrogens is 1. The van der Waals surface area contributed by atoms with Crippen molar-refractivity contribution < 1.29 is 29.1 Å². The van der Waals surface area contributed by atoms with Gasteiger partial charge in [0.15, 0.2) is 0 Å². The Hall–Kier alpha value is -4.08. The van der Waals surface area contributed by atoms with Crippen LogP contribution in [0.2, 0.25) is 0 Å². The van der Waals surface area contributed by atoms with E-state index in [4.69, 9.17) is 5.11 Å². The molecule has 33 heavy (non-hydrogen) atoms. The number of benzene rings is 1. The van der Waals surface area contributed by atoms with Crippen LogP contribution in [-0.4, -0.2) is 64.2 Å². The lowest BCUT2D eigenvalue weighted by atomic mass is 10.0. The minimum atomic E-state index is -1.03. The molecule has 0 spiro atoms. The molecule has 4 amide bonds. The molecule has 1 aromatic carbocycles. The number of fused-ring (bicyclic) bond motifs is 1. The van der Waals surface area contributed by atoms with Crippen LogP contribution in [0, 0.1) is 0 Å². The van der Waals surface area contributed by atoms with Crippen molar-refractivity contribution in [1.29, 1.82) is 0 Å². The zero-order valence-corrected chi connectivity index (χ0v) is 17.9. The van der Waals surface area contributed by atoms with Crippen LogP contribution in [-0.2, 0) is 16.0 Å². The number of carbonyl (C=O) groups excluding carboxylic acids is 4. The highest BCUT2D eigenvalue weighted by molar-refractivity contribution is 6.25. The average molecular weight is 450 g/mol. The van der Waals surface area contributed by atoms with Crippen LogP contribution in [0.5, 0.6) is 0 Å². The van der Waals surface area contributed by atoms with Gasteiger partial charge in [0, 0.05) is 31.9 Å². The Morgan fingerprint density at radius 1 is 1.18 bits per heavy atom. The van der Waals surface area contributed by atoms with Crippen molar-refractivity contribution in [3.05, 3.63) is 58.9 Å². The highest BCUT2D eigenvalue weighted by Crippen LogP contribution is 2.33. The molecule has 10 nitrogen and oxygen atoms in total. The molecule has 2 aliphatic rings. The summed E-state index contributed by atoms with van der Waals surface area (Å²) in [5.41, 5.74) is 1.94. The molecule has 1 unspecified atom stereocenters. The standard InChI is InChI=1S/C23H22N4O6/c1-26(11-3-4-14-8-7-13(12-24-14)23(32)33)16-6-2-5-15-19(16)22(31)27(21(15)30)17-9-10-18(28)25-20(17)29/h2,5-8,12,17H,3-4,9-11H2,1H3,(H,32,33)(H,25,28,29). The minimum absolute atomic E-state index is 0.0675. The number of carboxylic acid groups (broad SMARTS) is 1. The maximum atomic E-state index is 13.2. The first kappa shape index (κ1) is 22.1. The second-order valence-corrected chi connectivity index (χ2v) is 8.02. The number of imide groups is 2. The number of hydrogen-bond donors (Lipinski definition) is 2. The molecule has 4 rings (SSSR count). The molecule has 0 radical (unpaired) electrons. The van der Waals surface area contributed by atoms with Gasteiger partial charge in [-0.25, -0.2) is 4.79 Å². The number of aryl methyl sites for hydroxylation is 1. The van der Waals surface area contributed by atoms with E-state index < -0.39 is 35.6 Å². The number of nitrogens with zero attached hydrogens (tertiary/aromatic N) is 3. The molecular formula is C23H22N4O6. The number of rotatable bonds is 7. The number of carbonyl (C=O) groups is 5. The number of piperidine rings is 1. The first-order valence-corrected chi connectivity index (χ1v) is 10.5. The predicted octanol–water partition coefficient (Wildman–Crippen LogP) is 1.25. The van der Waals surface area contributed by atoms with Gasteiger partial charge in [0.25, 0.3) is 11.8 Å². The van der Waals surface area contributed by atoms with Crippen LogP contribution in [0.15, 0.2) is 36.5 Å². The van der Waals surface area contributed by atoms with E-state index in [-0.39, 0.29) is 29.5 Å². The van der Waals surface area contributed by atoms with Gasteiger partial charge >= 0.3 is 5.97 Å². The van der Waals surface area contributed by atoms with E-state index in [2.05, 4.69) is 10.3 Å². The second kappa shape index (κ2) is 8.81. The Morgan fingerprint density at radius 3 is 2.64 bits per heavy atom. The summed E-state index contributed by atoms with van der Waals surface area (Å²) in [6.07, 6.45) is 2.78. The van der Waals surface area contributed by atoms with Gasteiger partial charge < -0.3 is 10.0 Å². The topological polar surface area (TPSA) is 137 Å². The monoisotopic (exact) mass is 450 g/mol. The lowest BCUT2D eigenvalue weighted by molar-refractivity contribution is -0.136. The molecule has 2 aliphatic heterocycles. The van der Waals surface area contributed by atoms with Crippen LogP contribution in [0.1, 0.15) is 56.0 Å². The summed E-state index contributed by atoms with van der Waals surface area (Å²) in [5.74, 6) is -3.17. The fraction of sp³-hybridized carbons (Fsp3) is 0.304. The lowest BCUT2D eigenvalue weighted by Gasteiger charge is -2.28. The van der Waals surface area contributed by atoms with Crippen LogP contribution in [0.3, 0.4) is 0 Å². The van der Waals surface area contributed by atoms with E-state index in [1.165, 1.54) is 12.3 Å². The first-order valence-electron chi connectivity index (χ1n) is 10.5. The molecule has 0 saturated carbocycles. The Bertz CT molecular complexity index is 1160. The number of anilines is 1. The highest BCUT2D eigenvalue weighted by Gasteiger charge is 2.45. The second-order valence-electron chi connectivity index (χ2n) is 8.02. The largest absolute Gasteiger partial charge is 0.478 e. The van der Waals surface area contributed by atoms with Crippen LogP contribution >= 0.6 is 0 Å². The molecule has 3 heterocycles. The van der Waals surface area contributed by atoms with Gasteiger partial charge in [-0.1, -0.05) is 6.07 Å². The molecule has 1 aromatic heterocycles. The third-order valence-electron chi connectivity index (χ3n) is 5.86. The fourth-order valence-electron chi connectivity index (χ4n) is 4.13. The summed E-state index contributed by atoms with van der Waals surface area (Å²) in [5, 5.41) is 11.1. The van der Waals surface area contributed by atoms with E-state index in [0.29, 0.717) is 25.1 Å². The van der Waals surface area contributed by atoms with Gasteiger partial charge in [0.05, 0.1) is 22.4 Å². The summed E-state index contributed by atoms with van der Waals surface area (Å²) in [6, 6.07) is 7.17. The van der Waals surface area contributed by atoms with Crippen molar-refractivity contribution in [2.75, 3.05) is 18.5 Å². The van der Waals surface area contributed by atoms with E-state index in [1.807, 2.05) is 11.9 Å². The number of pyridine rings is 1. The molecule has 1 atom stereocenters. The van der Waals surface area contributed by atoms with Crippen LogP contribution in [0.4, 0.5) is 5.69 Å². The number of nitrogens with one attached hydrogen (secondary N) is 1. The van der Waals surface area contributed by atoms with Gasteiger partial charge in [-0.15, -0.1) is 0 Å². The Morgan fingerprint density at radius 2 is 1.97 bits per heavy atom. The molecule has 2 N–H and O–H groups in total. The molecule has 0 aliphatic carbocycles. The number of aromatic carboxylic acids is 1. The van der Waals surface area contributed by atoms with Crippen LogP contribution in [0.25, 0.3) is 0 Å². The number of hydrogen-bond acceptors (Lipinski definition) is 7. The van der Waals surface area contributed by atoms with Crippen molar-refractivity contribution in [2.45, 2.75) is 31.7 Å². The van der Waals surface area contributed by atoms with Crippen molar-refractivity contribution in [3.63, 3.8) is 0 Å². The van der Waals surface area contributed by atoms with Crippen molar-refractivity contribution in [2.24, 2.45) is 0 Å². The predicted molar refractivity (Wildman–Crippen MR) is 116 cm³/mol. The summed E-state index contributed by atoms with van der Waals surface area (Å²) in [4.78, 5) is 67.8. The summed E-state index contributed by atoms with van der Waals surface area (Å²) in [7, 11) is 1.81. The van der Waals surface area contributed by atoms with Gasteiger partial charge in [0.1, 0.15) is 6.04 Å². The van der Waals surface area contributed by atoms with Crippen LogP contribution < -0.4 is 10.2 Å². The first-order chi connectivity index (χ1) is 15.8. The molecule has 1 fully saturated rings. The van der Waals surface area contributed by atoms with Crippen molar-refractivity contribution in [3.8, 4) is 0 Å². The van der Waals surface area contributed by atoms with E-state index in [1.54, 1.807) is 24.3 Å². The van der Waals surface area contributed by atoms with E-state index >= 15 is 0 Å².